The minimum absolute atomic E-state index is 0.0130. The third-order valence-corrected chi connectivity index (χ3v) is 4.70. The number of amides is 1. The summed E-state index contributed by atoms with van der Waals surface area (Å²) in [7, 11) is 0. The van der Waals surface area contributed by atoms with Crippen LogP contribution in [0.25, 0.3) is 11.3 Å². The smallest absolute Gasteiger partial charge is 0.247 e. The zero-order valence-corrected chi connectivity index (χ0v) is 12.9. The van der Waals surface area contributed by atoms with Crippen LogP contribution < -0.4 is 0 Å². The molecule has 0 unspecified atom stereocenters. The highest BCUT2D eigenvalue weighted by Crippen LogP contribution is 2.37. The fraction of sp³-hybridized carbons (Fsp3) is 0.333. The Hall–Kier alpha value is -2.28. The lowest BCUT2D eigenvalue weighted by atomic mass is 9.92. The standard InChI is InChI=1S/C15H13ClFN5O/c16-11-3-4-12(22-8-18-19-20-22)14(15(11)17)9-6-10-2-1-5-21(10)13(23)7-9/h3-4,7-8,10H,1-2,5-6H2/t10-/m1/s1. The minimum Gasteiger partial charge on any atom is -0.336 e. The number of rotatable bonds is 2. The zero-order valence-electron chi connectivity index (χ0n) is 12.1. The molecular weight excluding hydrogens is 321 g/mol. The van der Waals surface area contributed by atoms with E-state index in [0.717, 1.165) is 19.4 Å². The Morgan fingerprint density at radius 3 is 3.00 bits per heavy atom. The Balaban J connectivity index is 1.87. The van der Waals surface area contributed by atoms with Crippen molar-refractivity contribution in [1.82, 2.24) is 25.1 Å². The summed E-state index contributed by atoms with van der Waals surface area (Å²) in [4.78, 5) is 14.2. The highest BCUT2D eigenvalue weighted by molar-refractivity contribution is 6.31. The number of carbonyl (C=O) groups is 1. The molecule has 8 heteroatoms. The second kappa shape index (κ2) is 5.42. The second-order valence-electron chi connectivity index (χ2n) is 5.71. The largest absolute Gasteiger partial charge is 0.336 e. The van der Waals surface area contributed by atoms with E-state index >= 15 is 0 Å². The first kappa shape index (κ1) is 14.3. The van der Waals surface area contributed by atoms with Crippen molar-refractivity contribution in [3.8, 4) is 5.69 Å². The molecule has 1 aromatic carbocycles. The predicted octanol–water partition coefficient (Wildman–Crippen LogP) is 2.23. The maximum atomic E-state index is 14.7. The van der Waals surface area contributed by atoms with Gasteiger partial charge in [-0.3, -0.25) is 4.79 Å². The number of fused-ring (bicyclic) bond motifs is 1. The van der Waals surface area contributed by atoms with Gasteiger partial charge in [-0.2, -0.15) is 4.68 Å². The van der Waals surface area contributed by atoms with Crippen LogP contribution in [-0.2, 0) is 4.79 Å². The van der Waals surface area contributed by atoms with E-state index in [4.69, 9.17) is 11.6 Å². The van der Waals surface area contributed by atoms with Crippen LogP contribution in [0.4, 0.5) is 4.39 Å². The Morgan fingerprint density at radius 1 is 1.35 bits per heavy atom. The lowest BCUT2D eigenvalue weighted by Crippen LogP contribution is -2.37. The lowest BCUT2D eigenvalue weighted by molar-refractivity contribution is -0.127. The average molecular weight is 334 g/mol. The molecule has 23 heavy (non-hydrogen) atoms. The van der Waals surface area contributed by atoms with Crippen LogP contribution in [0.1, 0.15) is 24.8 Å². The molecule has 2 aliphatic heterocycles. The van der Waals surface area contributed by atoms with Crippen molar-refractivity contribution in [3.63, 3.8) is 0 Å². The molecule has 0 bridgehead atoms. The van der Waals surface area contributed by atoms with Crippen molar-refractivity contribution in [2.75, 3.05) is 6.54 Å². The summed E-state index contributed by atoms with van der Waals surface area (Å²) < 4.78 is 16.1. The van der Waals surface area contributed by atoms with Gasteiger partial charge in [0.25, 0.3) is 0 Å². The Morgan fingerprint density at radius 2 is 2.22 bits per heavy atom. The molecule has 118 valence electrons. The molecular formula is C15H13ClFN5O. The third-order valence-electron chi connectivity index (χ3n) is 4.40. The number of benzene rings is 1. The molecule has 1 aromatic heterocycles. The van der Waals surface area contributed by atoms with Crippen molar-refractivity contribution in [3.05, 3.63) is 40.9 Å². The molecule has 1 fully saturated rings. The van der Waals surface area contributed by atoms with Gasteiger partial charge < -0.3 is 4.90 Å². The molecule has 4 rings (SSSR count). The Bertz CT molecular complexity index is 804. The summed E-state index contributed by atoms with van der Waals surface area (Å²) in [5.41, 5.74) is 1.41. The van der Waals surface area contributed by atoms with Gasteiger partial charge in [0, 0.05) is 24.2 Å². The van der Waals surface area contributed by atoms with E-state index in [9.17, 15) is 9.18 Å². The fourth-order valence-electron chi connectivity index (χ4n) is 3.37. The number of carbonyl (C=O) groups excluding carboxylic acids is 1. The maximum absolute atomic E-state index is 14.7. The van der Waals surface area contributed by atoms with Crippen LogP contribution >= 0.6 is 11.6 Å². The molecule has 1 saturated heterocycles. The molecule has 0 radical (unpaired) electrons. The van der Waals surface area contributed by atoms with Gasteiger partial charge in [0.05, 0.1) is 10.7 Å². The molecule has 1 amide bonds. The summed E-state index contributed by atoms with van der Waals surface area (Å²) in [5, 5.41) is 11.0. The van der Waals surface area contributed by atoms with Crippen molar-refractivity contribution >= 4 is 23.1 Å². The first-order valence-corrected chi connectivity index (χ1v) is 7.76. The topological polar surface area (TPSA) is 63.9 Å². The molecule has 6 nitrogen and oxygen atoms in total. The van der Waals surface area contributed by atoms with E-state index in [-0.39, 0.29) is 17.0 Å². The van der Waals surface area contributed by atoms with E-state index in [1.54, 1.807) is 6.07 Å². The quantitative estimate of drug-likeness (QED) is 0.845. The molecule has 0 N–H and O–H groups in total. The van der Waals surface area contributed by atoms with Crippen molar-refractivity contribution < 1.29 is 9.18 Å². The van der Waals surface area contributed by atoms with Gasteiger partial charge in [-0.15, -0.1) is 5.10 Å². The summed E-state index contributed by atoms with van der Waals surface area (Å²) in [6, 6.07) is 3.25. The zero-order chi connectivity index (χ0) is 16.0. The second-order valence-corrected chi connectivity index (χ2v) is 6.12. The monoisotopic (exact) mass is 333 g/mol. The fourth-order valence-corrected chi connectivity index (χ4v) is 3.52. The maximum Gasteiger partial charge on any atom is 0.247 e. The van der Waals surface area contributed by atoms with Crippen LogP contribution in [-0.4, -0.2) is 43.6 Å². The van der Waals surface area contributed by atoms with Crippen LogP contribution in [0.5, 0.6) is 0 Å². The van der Waals surface area contributed by atoms with Crippen LogP contribution in [0.2, 0.25) is 5.02 Å². The van der Waals surface area contributed by atoms with Gasteiger partial charge in [-0.1, -0.05) is 11.6 Å². The number of nitrogens with zero attached hydrogens (tertiary/aromatic N) is 5. The summed E-state index contributed by atoms with van der Waals surface area (Å²) in [6.07, 6.45) is 5.42. The van der Waals surface area contributed by atoms with Gasteiger partial charge in [0.15, 0.2) is 5.82 Å². The first-order chi connectivity index (χ1) is 11.1. The molecule has 1 atom stereocenters. The van der Waals surface area contributed by atoms with Gasteiger partial charge >= 0.3 is 0 Å². The lowest BCUT2D eigenvalue weighted by Gasteiger charge is -2.30. The van der Waals surface area contributed by atoms with E-state index in [1.807, 2.05) is 4.90 Å². The number of aromatic nitrogens is 4. The van der Waals surface area contributed by atoms with Crippen molar-refractivity contribution in [2.45, 2.75) is 25.3 Å². The van der Waals surface area contributed by atoms with E-state index in [0.29, 0.717) is 23.2 Å². The molecule has 0 spiro atoms. The highest BCUT2D eigenvalue weighted by atomic mass is 35.5. The minimum atomic E-state index is -0.551. The van der Waals surface area contributed by atoms with Gasteiger partial charge in [0.2, 0.25) is 5.91 Å². The van der Waals surface area contributed by atoms with Gasteiger partial charge in [-0.25, -0.2) is 4.39 Å². The van der Waals surface area contributed by atoms with Crippen molar-refractivity contribution in [1.29, 1.82) is 0 Å². The number of hydrogen-bond donors (Lipinski definition) is 0. The molecule has 3 heterocycles. The normalized spacial score (nSPS) is 20.6. The van der Waals surface area contributed by atoms with Gasteiger partial charge in [-0.05, 0) is 47.4 Å². The number of halogens is 2. The predicted molar refractivity (Wildman–Crippen MR) is 81.5 cm³/mol. The first-order valence-electron chi connectivity index (χ1n) is 7.38. The summed E-state index contributed by atoms with van der Waals surface area (Å²) >= 11 is 5.96. The SMILES string of the molecule is O=C1C=C(c2c(-n3cnnn3)ccc(Cl)c2F)C[C@H]2CCCN12. The third kappa shape index (κ3) is 2.31. The number of tetrazole rings is 1. The van der Waals surface area contributed by atoms with E-state index in [1.165, 1.54) is 23.2 Å². The Kier molecular flexibility index (Phi) is 3.37. The van der Waals surface area contributed by atoms with E-state index < -0.39 is 5.82 Å². The summed E-state index contributed by atoms with van der Waals surface area (Å²) in [6.45, 7) is 0.769. The summed E-state index contributed by atoms with van der Waals surface area (Å²) in [5.74, 6) is -0.624. The van der Waals surface area contributed by atoms with Crippen LogP contribution in [0.3, 0.4) is 0 Å². The molecule has 0 saturated carbocycles. The molecule has 0 aliphatic carbocycles. The molecule has 2 aromatic rings. The van der Waals surface area contributed by atoms with Crippen LogP contribution in [0.15, 0.2) is 24.5 Å². The van der Waals surface area contributed by atoms with Crippen molar-refractivity contribution in [2.24, 2.45) is 0 Å². The highest BCUT2D eigenvalue weighted by Gasteiger charge is 2.34. The average Bonchev–Trinajstić information content (AvgIpc) is 3.20. The molecule has 2 aliphatic rings. The van der Waals surface area contributed by atoms with E-state index in [2.05, 4.69) is 15.5 Å². The number of hydrogen-bond acceptors (Lipinski definition) is 4. The van der Waals surface area contributed by atoms with Gasteiger partial charge in [0.1, 0.15) is 6.33 Å². The Labute approximate surface area is 136 Å². The van der Waals surface area contributed by atoms with Crippen LogP contribution in [0, 0.1) is 5.82 Å².